The summed E-state index contributed by atoms with van der Waals surface area (Å²) >= 11 is 0. The number of piperazine rings is 1. The average Bonchev–Trinajstić information content (AvgIpc) is 3.17. The average molecular weight is 407 g/mol. The van der Waals surface area contributed by atoms with E-state index in [-0.39, 0.29) is 11.2 Å². The largest absolute Gasteiger partial charge is 0.403 e. The van der Waals surface area contributed by atoms with Gasteiger partial charge in [-0.05, 0) is 43.3 Å². The molecule has 0 unspecified atom stereocenters. The number of pyridine rings is 2. The van der Waals surface area contributed by atoms with Crippen LogP contribution in [-0.4, -0.2) is 52.0 Å². The van der Waals surface area contributed by atoms with Gasteiger partial charge in [-0.1, -0.05) is 6.92 Å². The standard InChI is InChI=1S/C22H22FN5O2/c1-3-26-6-8-27(9-7-26)19-5-4-15-11-16(22(29)30-21(15)25-19)18-13-28-12-14(2)10-17(23)20(28)24-18/h4-5,10-13H,3,6-9H2,1-2H3. The maximum Gasteiger partial charge on any atom is 0.347 e. The van der Waals surface area contributed by atoms with Gasteiger partial charge in [0.1, 0.15) is 5.82 Å². The molecule has 0 atom stereocenters. The molecule has 5 heterocycles. The smallest absolute Gasteiger partial charge is 0.347 e. The molecule has 1 saturated heterocycles. The van der Waals surface area contributed by atoms with Crippen LogP contribution in [0.1, 0.15) is 12.5 Å². The molecule has 4 aromatic rings. The number of nitrogens with zero attached hydrogens (tertiary/aromatic N) is 5. The third kappa shape index (κ3) is 3.23. The Kier molecular flexibility index (Phi) is 4.51. The highest BCUT2D eigenvalue weighted by atomic mass is 19.1. The van der Waals surface area contributed by atoms with Crippen molar-refractivity contribution in [2.75, 3.05) is 37.6 Å². The van der Waals surface area contributed by atoms with Gasteiger partial charge in [-0.2, -0.15) is 4.98 Å². The van der Waals surface area contributed by atoms with Gasteiger partial charge in [-0.25, -0.2) is 14.2 Å². The summed E-state index contributed by atoms with van der Waals surface area (Å²) in [5.74, 6) is 0.375. The van der Waals surface area contributed by atoms with Gasteiger partial charge in [0.05, 0.1) is 11.3 Å². The lowest BCUT2D eigenvalue weighted by molar-refractivity contribution is 0.270. The predicted molar refractivity (Wildman–Crippen MR) is 113 cm³/mol. The number of imidazole rings is 1. The minimum absolute atomic E-state index is 0.176. The second-order valence-corrected chi connectivity index (χ2v) is 7.66. The minimum atomic E-state index is -0.538. The lowest BCUT2D eigenvalue weighted by Gasteiger charge is -2.34. The van der Waals surface area contributed by atoms with Crippen molar-refractivity contribution in [1.82, 2.24) is 19.3 Å². The van der Waals surface area contributed by atoms with E-state index in [4.69, 9.17) is 4.42 Å². The first-order chi connectivity index (χ1) is 14.5. The summed E-state index contributed by atoms with van der Waals surface area (Å²) in [6, 6.07) is 6.97. The molecule has 0 aromatic carbocycles. The zero-order valence-corrected chi connectivity index (χ0v) is 16.9. The topological polar surface area (TPSA) is 66.9 Å². The summed E-state index contributed by atoms with van der Waals surface area (Å²) in [7, 11) is 0. The number of aromatic nitrogens is 3. The van der Waals surface area contributed by atoms with Crippen LogP contribution in [0.5, 0.6) is 0 Å². The Bertz CT molecular complexity index is 1300. The number of aryl methyl sites for hydroxylation is 1. The van der Waals surface area contributed by atoms with Crippen molar-refractivity contribution in [2.24, 2.45) is 0 Å². The Hall–Kier alpha value is -3.26. The maximum atomic E-state index is 14.2. The number of fused-ring (bicyclic) bond motifs is 2. The number of rotatable bonds is 3. The van der Waals surface area contributed by atoms with Crippen LogP contribution in [0.2, 0.25) is 0 Å². The summed E-state index contributed by atoms with van der Waals surface area (Å²) in [5, 5.41) is 0.703. The van der Waals surface area contributed by atoms with Crippen LogP contribution in [0, 0.1) is 12.7 Å². The molecule has 154 valence electrons. The monoisotopic (exact) mass is 407 g/mol. The predicted octanol–water partition coefficient (Wildman–Crippen LogP) is 3.09. The fourth-order valence-electron chi connectivity index (χ4n) is 3.96. The van der Waals surface area contributed by atoms with E-state index < -0.39 is 11.4 Å². The molecule has 8 heteroatoms. The van der Waals surface area contributed by atoms with E-state index in [1.807, 2.05) is 12.1 Å². The Morgan fingerprint density at radius 1 is 1.10 bits per heavy atom. The van der Waals surface area contributed by atoms with Crippen molar-refractivity contribution in [2.45, 2.75) is 13.8 Å². The number of halogens is 1. The van der Waals surface area contributed by atoms with Crippen LogP contribution in [0.25, 0.3) is 28.0 Å². The molecule has 0 N–H and O–H groups in total. The van der Waals surface area contributed by atoms with Crippen molar-refractivity contribution in [3.8, 4) is 11.3 Å². The summed E-state index contributed by atoms with van der Waals surface area (Å²) < 4.78 is 21.3. The van der Waals surface area contributed by atoms with E-state index in [1.165, 1.54) is 6.07 Å². The van der Waals surface area contributed by atoms with Crippen molar-refractivity contribution in [3.05, 3.63) is 58.5 Å². The van der Waals surface area contributed by atoms with Crippen LogP contribution in [0.3, 0.4) is 0 Å². The molecule has 0 amide bonds. The Balaban J connectivity index is 1.52. The van der Waals surface area contributed by atoms with Crippen molar-refractivity contribution >= 4 is 22.6 Å². The van der Waals surface area contributed by atoms with E-state index in [1.54, 1.807) is 29.8 Å². The van der Waals surface area contributed by atoms with E-state index in [9.17, 15) is 9.18 Å². The first kappa shape index (κ1) is 18.7. The highest BCUT2D eigenvalue weighted by Crippen LogP contribution is 2.24. The van der Waals surface area contributed by atoms with Gasteiger partial charge in [-0.15, -0.1) is 0 Å². The van der Waals surface area contributed by atoms with Crippen molar-refractivity contribution < 1.29 is 8.81 Å². The van der Waals surface area contributed by atoms with Crippen LogP contribution in [-0.2, 0) is 0 Å². The number of hydrogen-bond acceptors (Lipinski definition) is 6. The number of hydrogen-bond donors (Lipinski definition) is 0. The van der Waals surface area contributed by atoms with Gasteiger partial charge in [0.15, 0.2) is 11.5 Å². The molecule has 4 aromatic heterocycles. The van der Waals surface area contributed by atoms with Crippen molar-refractivity contribution in [3.63, 3.8) is 0 Å². The van der Waals surface area contributed by atoms with Gasteiger partial charge >= 0.3 is 5.63 Å². The second-order valence-electron chi connectivity index (χ2n) is 7.66. The fourth-order valence-corrected chi connectivity index (χ4v) is 3.96. The Morgan fingerprint density at radius 2 is 1.90 bits per heavy atom. The van der Waals surface area contributed by atoms with Gasteiger partial charge in [0.25, 0.3) is 0 Å². The molecule has 0 bridgehead atoms. The molecule has 0 saturated carbocycles. The van der Waals surface area contributed by atoms with Crippen molar-refractivity contribution in [1.29, 1.82) is 0 Å². The Morgan fingerprint density at radius 3 is 2.67 bits per heavy atom. The molecule has 0 radical (unpaired) electrons. The lowest BCUT2D eigenvalue weighted by atomic mass is 10.2. The van der Waals surface area contributed by atoms with Gasteiger partial charge in [-0.3, -0.25) is 0 Å². The molecule has 5 rings (SSSR count). The van der Waals surface area contributed by atoms with E-state index in [0.29, 0.717) is 16.8 Å². The molecule has 1 aliphatic heterocycles. The van der Waals surface area contributed by atoms with E-state index >= 15 is 0 Å². The first-order valence-corrected chi connectivity index (χ1v) is 10.1. The van der Waals surface area contributed by atoms with Gasteiger partial charge in [0.2, 0.25) is 5.71 Å². The highest BCUT2D eigenvalue weighted by molar-refractivity contribution is 5.80. The molecule has 30 heavy (non-hydrogen) atoms. The lowest BCUT2D eigenvalue weighted by Crippen LogP contribution is -2.46. The zero-order chi connectivity index (χ0) is 20.8. The normalized spacial score (nSPS) is 15.4. The fraction of sp³-hybridized carbons (Fsp3) is 0.318. The molecule has 0 aliphatic carbocycles. The third-order valence-electron chi connectivity index (χ3n) is 5.65. The quantitative estimate of drug-likeness (QED) is 0.520. The maximum absolute atomic E-state index is 14.2. The molecular weight excluding hydrogens is 385 g/mol. The molecule has 0 spiro atoms. The summed E-state index contributed by atoms with van der Waals surface area (Å²) in [6.45, 7) is 8.77. The van der Waals surface area contributed by atoms with E-state index in [0.717, 1.165) is 44.1 Å². The number of likely N-dealkylation sites (N-methyl/N-ethyl adjacent to an activating group) is 1. The van der Waals surface area contributed by atoms with Crippen LogP contribution >= 0.6 is 0 Å². The Labute approximate surface area is 172 Å². The SMILES string of the molecule is CCN1CCN(c2ccc3cc(-c4cn5cc(C)cc(F)c5n4)c(=O)oc3n2)CC1. The van der Waals surface area contributed by atoms with Crippen LogP contribution < -0.4 is 10.5 Å². The number of anilines is 1. The molecule has 1 fully saturated rings. The zero-order valence-electron chi connectivity index (χ0n) is 16.9. The van der Waals surface area contributed by atoms with Gasteiger partial charge in [0, 0.05) is 44.0 Å². The molecule has 7 nitrogen and oxygen atoms in total. The summed E-state index contributed by atoms with van der Waals surface area (Å²) in [5.41, 5.74) is 1.36. The molecule has 1 aliphatic rings. The second kappa shape index (κ2) is 7.21. The minimum Gasteiger partial charge on any atom is -0.403 e. The highest BCUT2D eigenvalue weighted by Gasteiger charge is 2.19. The van der Waals surface area contributed by atoms with Crippen LogP contribution in [0.4, 0.5) is 10.2 Å². The van der Waals surface area contributed by atoms with Gasteiger partial charge < -0.3 is 18.6 Å². The molecular formula is C22H22FN5O2. The third-order valence-corrected chi connectivity index (χ3v) is 5.65. The summed E-state index contributed by atoms with van der Waals surface area (Å²) in [4.78, 5) is 26.1. The summed E-state index contributed by atoms with van der Waals surface area (Å²) in [6.07, 6.45) is 3.40. The first-order valence-electron chi connectivity index (χ1n) is 10.1. The van der Waals surface area contributed by atoms with E-state index in [2.05, 4.69) is 26.7 Å². The van der Waals surface area contributed by atoms with Crippen LogP contribution in [0.15, 0.2) is 45.9 Å².